The molecule has 2 aromatic carbocycles. The van der Waals surface area contributed by atoms with Gasteiger partial charge in [-0.2, -0.15) is 0 Å². The number of sulfonamides is 1. The number of nitro benzene ring substituents is 1. The number of methoxy groups -OCH3 is 1. The summed E-state index contributed by atoms with van der Waals surface area (Å²) in [5.74, 6) is -0.192. The summed E-state index contributed by atoms with van der Waals surface area (Å²) in [6, 6.07) is 10.3. The van der Waals surface area contributed by atoms with Crippen LogP contribution in [-0.2, 0) is 14.8 Å². The molecule has 27 heavy (non-hydrogen) atoms. The molecule has 0 saturated heterocycles. The van der Waals surface area contributed by atoms with Crippen LogP contribution in [0.4, 0.5) is 17.1 Å². The molecule has 0 radical (unpaired) electrons. The topological polar surface area (TPSA) is 119 Å². The summed E-state index contributed by atoms with van der Waals surface area (Å²) < 4.78 is 30.3. The van der Waals surface area contributed by atoms with Crippen molar-refractivity contribution in [3.8, 4) is 5.75 Å². The number of nitrogens with zero attached hydrogens (tertiary/aromatic N) is 2. The van der Waals surface area contributed by atoms with Gasteiger partial charge >= 0.3 is 0 Å². The lowest BCUT2D eigenvalue weighted by Gasteiger charge is -2.22. The number of aryl methyl sites for hydroxylation is 1. The molecule has 0 heterocycles. The van der Waals surface area contributed by atoms with Crippen LogP contribution < -0.4 is 14.4 Å². The first-order valence-electron chi connectivity index (χ1n) is 7.78. The summed E-state index contributed by atoms with van der Waals surface area (Å²) in [6.07, 6.45) is 0.984. The van der Waals surface area contributed by atoms with Crippen molar-refractivity contribution in [2.45, 2.75) is 6.92 Å². The SMILES string of the molecule is COc1cccc(N(CC(=O)Nc2cc([N+](=O)[O-])ccc2C)S(C)(=O)=O)c1. The molecular weight excluding hydrogens is 374 g/mol. The number of carbonyl (C=O) groups excluding carboxylic acids is 1. The van der Waals surface area contributed by atoms with Gasteiger partial charge in [0.1, 0.15) is 12.3 Å². The van der Waals surface area contributed by atoms with Crippen LogP contribution in [0, 0.1) is 17.0 Å². The van der Waals surface area contributed by atoms with E-state index in [4.69, 9.17) is 4.74 Å². The second-order valence-corrected chi connectivity index (χ2v) is 7.68. The second kappa shape index (κ2) is 8.04. The number of rotatable bonds is 7. The van der Waals surface area contributed by atoms with Crippen LogP contribution in [-0.4, -0.2) is 39.2 Å². The molecule has 0 bridgehead atoms. The number of non-ortho nitro benzene ring substituents is 1. The summed E-state index contributed by atoms with van der Waals surface area (Å²) in [7, 11) is -2.31. The first kappa shape index (κ1) is 20.2. The Morgan fingerprint density at radius 2 is 1.96 bits per heavy atom. The molecule has 0 saturated carbocycles. The molecular formula is C17H19N3O6S. The molecule has 0 aliphatic heterocycles. The predicted octanol–water partition coefficient (Wildman–Crippen LogP) is 2.32. The summed E-state index contributed by atoms with van der Waals surface area (Å²) in [5.41, 5.74) is 0.945. The zero-order valence-electron chi connectivity index (χ0n) is 15.0. The van der Waals surface area contributed by atoms with E-state index in [1.54, 1.807) is 19.1 Å². The van der Waals surface area contributed by atoms with Crippen LogP contribution in [0.25, 0.3) is 0 Å². The third kappa shape index (κ3) is 5.17. The summed E-state index contributed by atoms with van der Waals surface area (Å²) in [4.78, 5) is 22.7. The Hall–Kier alpha value is -3.14. The van der Waals surface area contributed by atoms with Gasteiger partial charge in [-0.15, -0.1) is 0 Å². The van der Waals surface area contributed by atoms with Gasteiger partial charge in [0.25, 0.3) is 5.69 Å². The number of carbonyl (C=O) groups is 1. The zero-order valence-corrected chi connectivity index (χ0v) is 15.8. The molecule has 0 aliphatic carbocycles. The molecule has 0 aromatic heterocycles. The molecule has 9 nitrogen and oxygen atoms in total. The van der Waals surface area contributed by atoms with Crippen LogP contribution in [0.2, 0.25) is 0 Å². The molecule has 0 unspecified atom stereocenters. The van der Waals surface area contributed by atoms with Crippen molar-refractivity contribution in [2.75, 3.05) is 29.5 Å². The summed E-state index contributed by atoms with van der Waals surface area (Å²) in [5, 5.41) is 13.4. The fourth-order valence-corrected chi connectivity index (χ4v) is 3.19. The highest BCUT2D eigenvalue weighted by atomic mass is 32.2. The van der Waals surface area contributed by atoms with E-state index in [1.165, 1.54) is 37.4 Å². The lowest BCUT2D eigenvalue weighted by molar-refractivity contribution is -0.384. The Bertz CT molecular complexity index is 974. The van der Waals surface area contributed by atoms with Gasteiger partial charge in [0.05, 0.1) is 29.7 Å². The largest absolute Gasteiger partial charge is 0.497 e. The van der Waals surface area contributed by atoms with E-state index in [1.807, 2.05) is 0 Å². The average molecular weight is 393 g/mol. The lowest BCUT2D eigenvalue weighted by atomic mass is 10.2. The van der Waals surface area contributed by atoms with Gasteiger partial charge in [0, 0.05) is 18.2 Å². The van der Waals surface area contributed by atoms with E-state index in [0.29, 0.717) is 11.3 Å². The molecule has 1 N–H and O–H groups in total. The highest BCUT2D eigenvalue weighted by molar-refractivity contribution is 7.92. The molecule has 144 valence electrons. The standard InChI is InChI=1S/C17H19N3O6S/c1-12-7-8-14(20(22)23)10-16(12)18-17(21)11-19(27(3,24)25)13-5-4-6-15(9-13)26-2/h4-10H,11H2,1-3H3,(H,18,21). The summed E-state index contributed by atoms with van der Waals surface area (Å²) >= 11 is 0. The second-order valence-electron chi connectivity index (χ2n) is 5.78. The van der Waals surface area contributed by atoms with Crippen molar-refractivity contribution >= 4 is 33.0 Å². The van der Waals surface area contributed by atoms with Crippen LogP contribution >= 0.6 is 0 Å². The molecule has 0 fully saturated rings. The Morgan fingerprint density at radius 3 is 2.56 bits per heavy atom. The first-order valence-corrected chi connectivity index (χ1v) is 9.63. The van der Waals surface area contributed by atoms with Crippen LogP contribution in [0.15, 0.2) is 42.5 Å². The number of benzene rings is 2. The molecule has 1 amide bonds. The van der Waals surface area contributed by atoms with Gasteiger partial charge in [0.15, 0.2) is 0 Å². The minimum Gasteiger partial charge on any atom is -0.497 e. The van der Waals surface area contributed by atoms with Gasteiger partial charge < -0.3 is 10.1 Å². The molecule has 2 rings (SSSR count). The highest BCUT2D eigenvalue weighted by Crippen LogP contribution is 2.24. The van der Waals surface area contributed by atoms with Crippen molar-refractivity contribution in [3.63, 3.8) is 0 Å². The molecule has 0 spiro atoms. The fraction of sp³-hybridized carbons (Fsp3) is 0.235. The Morgan fingerprint density at radius 1 is 1.26 bits per heavy atom. The maximum absolute atomic E-state index is 12.4. The van der Waals surface area contributed by atoms with Gasteiger partial charge in [-0.05, 0) is 24.6 Å². The Balaban J connectivity index is 2.27. The Kier molecular flexibility index (Phi) is 6.01. The normalized spacial score (nSPS) is 10.9. The predicted molar refractivity (Wildman–Crippen MR) is 102 cm³/mol. The first-order chi connectivity index (χ1) is 12.6. The minimum atomic E-state index is -3.75. The van der Waals surface area contributed by atoms with Crippen molar-refractivity contribution in [3.05, 3.63) is 58.1 Å². The number of nitro groups is 1. The molecule has 10 heteroatoms. The van der Waals surface area contributed by atoms with E-state index >= 15 is 0 Å². The minimum absolute atomic E-state index is 0.177. The van der Waals surface area contributed by atoms with Crippen molar-refractivity contribution < 1.29 is 22.9 Å². The van der Waals surface area contributed by atoms with Crippen molar-refractivity contribution in [1.82, 2.24) is 0 Å². The van der Waals surface area contributed by atoms with E-state index in [-0.39, 0.29) is 17.1 Å². The van der Waals surface area contributed by atoms with E-state index in [9.17, 15) is 23.3 Å². The van der Waals surface area contributed by atoms with E-state index in [0.717, 1.165) is 10.6 Å². The molecule has 2 aromatic rings. The number of amides is 1. The zero-order chi connectivity index (χ0) is 20.2. The van der Waals surface area contributed by atoms with Gasteiger partial charge in [0.2, 0.25) is 15.9 Å². The number of nitrogens with one attached hydrogen (secondary N) is 1. The average Bonchev–Trinajstić information content (AvgIpc) is 2.60. The van der Waals surface area contributed by atoms with Gasteiger partial charge in [-0.25, -0.2) is 8.42 Å². The van der Waals surface area contributed by atoms with Crippen LogP contribution in [0.1, 0.15) is 5.56 Å². The number of hydrogen-bond donors (Lipinski definition) is 1. The van der Waals surface area contributed by atoms with Gasteiger partial charge in [-0.1, -0.05) is 12.1 Å². The highest BCUT2D eigenvalue weighted by Gasteiger charge is 2.22. The van der Waals surface area contributed by atoms with Crippen molar-refractivity contribution in [2.24, 2.45) is 0 Å². The van der Waals surface area contributed by atoms with Crippen LogP contribution in [0.5, 0.6) is 5.75 Å². The quantitative estimate of drug-likeness (QED) is 0.569. The molecule has 0 aliphatic rings. The van der Waals surface area contributed by atoms with Crippen LogP contribution in [0.3, 0.4) is 0 Å². The maximum Gasteiger partial charge on any atom is 0.271 e. The monoisotopic (exact) mass is 393 g/mol. The van der Waals surface area contributed by atoms with Gasteiger partial charge in [-0.3, -0.25) is 19.2 Å². The van der Waals surface area contributed by atoms with E-state index < -0.39 is 27.4 Å². The number of anilines is 2. The third-order valence-corrected chi connectivity index (χ3v) is 4.88. The number of hydrogen-bond acceptors (Lipinski definition) is 6. The lowest BCUT2D eigenvalue weighted by Crippen LogP contribution is -2.37. The fourth-order valence-electron chi connectivity index (χ4n) is 2.34. The molecule has 0 atom stereocenters. The van der Waals surface area contributed by atoms with Crippen molar-refractivity contribution in [1.29, 1.82) is 0 Å². The summed E-state index contributed by atoms with van der Waals surface area (Å²) in [6.45, 7) is 1.18. The number of ether oxygens (including phenoxy) is 1. The smallest absolute Gasteiger partial charge is 0.271 e. The maximum atomic E-state index is 12.4. The third-order valence-electron chi connectivity index (χ3n) is 3.73. The Labute approximate surface area is 156 Å². The van der Waals surface area contributed by atoms with E-state index in [2.05, 4.69) is 5.32 Å².